The summed E-state index contributed by atoms with van der Waals surface area (Å²) in [5.41, 5.74) is 0. The van der Waals surface area contributed by atoms with Gasteiger partial charge in [-0.05, 0) is 37.5 Å². The lowest BCUT2D eigenvalue weighted by molar-refractivity contribution is -0.131. The number of aldehydes is 1. The molecule has 2 rings (SSSR count). The summed E-state index contributed by atoms with van der Waals surface area (Å²) in [7, 11) is 0. The second kappa shape index (κ2) is 9.69. The Balaban J connectivity index is 2.14. The van der Waals surface area contributed by atoms with E-state index >= 15 is 0 Å². The zero-order chi connectivity index (χ0) is 19.1. The van der Waals surface area contributed by atoms with E-state index in [1.54, 1.807) is 0 Å². The van der Waals surface area contributed by atoms with Crippen LogP contribution in [0.2, 0.25) is 0 Å². The first kappa shape index (κ1) is 20.4. The second-order valence-electron chi connectivity index (χ2n) is 7.95. The van der Waals surface area contributed by atoms with Gasteiger partial charge in [0.2, 0.25) is 17.7 Å². The van der Waals surface area contributed by atoms with E-state index in [0.717, 1.165) is 25.7 Å². The zero-order valence-electron chi connectivity index (χ0n) is 15.8. The SMILES string of the molecule is CC(C)C[C@@H]1NC(=O)CCCCC[C@@H]2CNC(=O)[C@H]2C[C@@H](C=O)NC1=O. The number of nitrogens with one attached hydrogen (secondary N) is 3. The van der Waals surface area contributed by atoms with Crippen LogP contribution in [-0.2, 0) is 19.2 Å². The van der Waals surface area contributed by atoms with Crippen LogP contribution < -0.4 is 16.0 Å². The molecule has 7 heteroatoms. The smallest absolute Gasteiger partial charge is 0.243 e. The molecule has 2 fully saturated rings. The fourth-order valence-electron chi connectivity index (χ4n) is 3.87. The van der Waals surface area contributed by atoms with Gasteiger partial charge >= 0.3 is 0 Å². The van der Waals surface area contributed by atoms with Gasteiger partial charge in [0.25, 0.3) is 0 Å². The van der Waals surface area contributed by atoms with Gasteiger partial charge in [0, 0.05) is 18.9 Å². The van der Waals surface area contributed by atoms with Crippen molar-refractivity contribution in [2.45, 2.75) is 70.9 Å². The molecule has 0 aromatic carbocycles. The molecule has 7 nitrogen and oxygen atoms in total. The summed E-state index contributed by atoms with van der Waals surface area (Å²) in [5, 5.41) is 8.41. The summed E-state index contributed by atoms with van der Waals surface area (Å²) in [6.45, 7) is 4.59. The fraction of sp³-hybridized carbons (Fsp3) is 0.789. The normalized spacial score (nSPS) is 31.4. The van der Waals surface area contributed by atoms with Crippen molar-refractivity contribution < 1.29 is 19.2 Å². The van der Waals surface area contributed by atoms with Crippen LogP contribution >= 0.6 is 0 Å². The first-order valence-corrected chi connectivity index (χ1v) is 9.73. The molecule has 2 saturated heterocycles. The standard InChI is InChI=1S/C19H31N3O4/c1-12(2)8-16-19(26)21-14(11-23)9-15-13(10-20-18(15)25)6-4-3-5-7-17(24)22-16/h11-16H,3-10H2,1-2H3,(H,20,25)(H,21,26)(H,22,24)/t13-,14+,15+,16+/m1/s1. The Kier molecular flexibility index (Phi) is 7.60. The van der Waals surface area contributed by atoms with Gasteiger partial charge in [-0.15, -0.1) is 0 Å². The van der Waals surface area contributed by atoms with Crippen molar-refractivity contribution in [2.24, 2.45) is 17.8 Å². The highest BCUT2D eigenvalue weighted by Crippen LogP contribution is 2.28. The molecule has 0 unspecified atom stereocenters. The Morgan fingerprint density at radius 3 is 2.54 bits per heavy atom. The Morgan fingerprint density at radius 2 is 1.85 bits per heavy atom. The highest BCUT2D eigenvalue weighted by Gasteiger charge is 2.36. The molecule has 2 aliphatic heterocycles. The van der Waals surface area contributed by atoms with Crippen LogP contribution in [-0.4, -0.2) is 42.6 Å². The maximum atomic E-state index is 12.6. The van der Waals surface area contributed by atoms with E-state index in [4.69, 9.17) is 0 Å². The minimum Gasteiger partial charge on any atom is -0.356 e. The topological polar surface area (TPSA) is 104 Å². The summed E-state index contributed by atoms with van der Waals surface area (Å²) in [6, 6.07) is -1.37. The largest absolute Gasteiger partial charge is 0.356 e. The van der Waals surface area contributed by atoms with Gasteiger partial charge < -0.3 is 20.7 Å². The van der Waals surface area contributed by atoms with E-state index in [0.29, 0.717) is 32.1 Å². The number of carbonyl (C=O) groups excluding carboxylic acids is 4. The Morgan fingerprint density at radius 1 is 1.08 bits per heavy atom. The summed E-state index contributed by atoms with van der Waals surface area (Å²) >= 11 is 0. The predicted molar refractivity (Wildman–Crippen MR) is 97.1 cm³/mol. The summed E-state index contributed by atoms with van der Waals surface area (Å²) in [6.07, 6.45) is 5.45. The minimum absolute atomic E-state index is 0.0322. The number of hydrogen-bond acceptors (Lipinski definition) is 4. The van der Waals surface area contributed by atoms with Crippen molar-refractivity contribution in [1.29, 1.82) is 0 Å². The molecular weight excluding hydrogens is 334 g/mol. The summed E-state index contributed by atoms with van der Waals surface area (Å²) in [4.78, 5) is 48.4. The fourth-order valence-corrected chi connectivity index (χ4v) is 3.87. The quantitative estimate of drug-likeness (QED) is 0.647. The van der Waals surface area contributed by atoms with E-state index in [2.05, 4.69) is 16.0 Å². The second-order valence-corrected chi connectivity index (χ2v) is 7.95. The van der Waals surface area contributed by atoms with Gasteiger partial charge in [0.15, 0.2) is 0 Å². The minimum atomic E-state index is -0.714. The van der Waals surface area contributed by atoms with Crippen LogP contribution in [0.25, 0.3) is 0 Å². The first-order valence-electron chi connectivity index (χ1n) is 9.73. The molecule has 2 aliphatic rings. The van der Waals surface area contributed by atoms with Gasteiger partial charge in [-0.1, -0.05) is 26.7 Å². The van der Waals surface area contributed by atoms with Gasteiger partial charge in [-0.25, -0.2) is 0 Å². The third-order valence-electron chi connectivity index (χ3n) is 5.28. The molecule has 2 heterocycles. The highest BCUT2D eigenvalue weighted by atomic mass is 16.2. The molecule has 3 N–H and O–H groups in total. The Labute approximate surface area is 155 Å². The van der Waals surface area contributed by atoms with Crippen molar-refractivity contribution >= 4 is 24.0 Å². The van der Waals surface area contributed by atoms with Crippen LogP contribution in [0.15, 0.2) is 0 Å². The van der Waals surface area contributed by atoms with Crippen LogP contribution in [0.4, 0.5) is 0 Å². The molecule has 0 radical (unpaired) electrons. The number of amides is 3. The maximum Gasteiger partial charge on any atom is 0.243 e. The third-order valence-corrected chi connectivity index (χ3v) is 5.28. The number of carbonyl (C=O) groups is 4. The zero-order valence-corrected chi connectivity index (χ0v) is 15.8. The molecule has 0 spiro atoms. The van der Waals surface area contributed by atoms with Gasteiger partial charge in [0.05, 0.1) is 6.04 Å². The number of rotatable bonds is 3. The molecule has 0 aromatic rings. The molecule has 26 heavy (non-hydrogen) atoms. The molecule has 146 valence electrons. The Bertz CT molecular complexity index is 535. The van der Waals surface area contributed by atoms with E-state index in [1.165, 1.54) is 0 Å². The lowest BCUT2D eigenvalue weighted by atomic mass is 9.85. The highest BCUT2D eigenvalue weighted by molar-refractivity contribution is 5.89. The van der Waals surface area contributed by atoms with Crippen molar-refractivity contribution in [3.8, 4) is 0 Å². The molecule has 4 atom stereocenters. The lowest BCUT2D eigenvalue weighted by Gasteiger charge is -2.25. The van der Waals surface area contributed by atoms with Crippen LogP contribution in [0.3, 0.4) is 0 Å². The molecule has 0 aromatic heterocycles. The molecule has 3 amide bonds. The maximum absolute atomic E-state index is 12.6. The van der Waals surface area contributed by atoms with Gasteiger partial charge in [0.1, 0.15) is 12.3 Å². The van der Waals surface area contributed by atoms with Crippen LogP contribution in [0, 0.1) is 17.8 Å². The van der Waals surface area contributed by atoms with Crippen molar-refractivity contribution in [3.05, 3.63) is 0 Å². The Hall–Kier alpha value is -1.92. The number of hydrogen-bond donors (Lipinski definition) is 3. The van der Waals surface area contributed by atoms with Crippen LogP contribution in [0.5, 0.6) is 0 Å². The average Bonchev–Trinajstić information content (AvgIpc) is 2.92. The molecule has 0 aliphatic carbocycles. The van der Waals surface area contributed by atoms with E-state index in [1.807, 2.05) is 13.8 Å². The molecule has 0 saturated carbocycles. The summed E-state index contributed by atoms with van der Waals surface area (Å²) in [5.74, 6) is -0.339. The summed E-state index contributed by atoms with van der Waals surface area (Å²) < 4.78 is 0. The monoisotopic (exact) mass is 365 g/mol. The van der Waals surface area contributed by atoms with E-state index in [-0.39, 0.29) is 35.5 Å². The van der Waals surface area contributed by atoms with Crippen molar-refractivity contribution in [1.82, 2.24) is 16.0 Å². The van der Waals surface area contributed by atoms with E-state index in [9.17, 15) is 19.2 Å². The first-order chi connectivity index (χ1) is 12.4. The molecular formula is C19H31N3O4. The van der Waals surface area contributed by atoms with E-state index < -0.39 is 12.1 Å². The average molecular weight is 365 g/mol. The van der Waals surface area contributed by atoms with Gasteiger partial charge in [-0.2, -0.15) is 0 Å². The third kappa shape index (κ3) is 5.81. The van der Waals surface area contributed by atoms with Crippen LogP contribution in [0.1, 0.15) is 58.8 Å². The van der Waals surface area contributed by atoms with Crippen molar-refractivity contribution in [2.75, 3.05) is 6.54 Å². The van der Waals surface area contributed by atoms with Gasteiger partial charge in [-0.3, -0.25) is 14.4 Å². The predicted octanol–water partition coefficient (Wildman–Crippen LogP) is 0.917. The molecule has 0 bridgehead atoms. The van der Waals surface area contributed by atoms with Crippen molar-refractivity contribution in [3.63, 3.8) is 0 Å². The number of fused-ring (bicyclic) bond motifs is 1. The lowest BCUT2D eigenvalue weighted by Crippen LogP contribution is -2.51.